The monoisotopic (exact) mass is 1280 g/mol. The lowest BCUT2D eigenvalue weighted by Crippen LogP contribution is -2.44. The molecule has 85 heavy (non-hydrogen) atoms. The summed E-state index contributed by atoms with van der Waals surface area (Å²) >= 11 is 2.94. The molecule has 0 saturated carbocycles. The second-order valence-corrected chi connectivity index (χ2v) is 21.4. The molecule has 0 atom stereocenters. The van der Waals surface area contributed by atoms with E-state index in [-0.39, 0.29) is 68.7 Å². The van der Waals surface area contributed by atoms with Crippen molar-refractivity contribution in [2.45, 2.75) is 73.1 Å². The third kappa shape index (κ3) is 51.4. The fourth-order valence-electron chi connectivity index (χ4n) is 9.27. The van der Waals surface area contributed by atoms with Crippen molar-refractivity contribution >= 4 is 69.3 Å². The molecule has 3 aliphatic rings. The number of ether oxygens (including phenoxy) is 3. The first-order valence-electron chi connectivity index (χ1n) is 30.2. The number of nitrogens with zero attached hydrogens (tertiary/aromatic N) is 8. The molecule has 0 aromatic heterocycles. The van der Waals surface area contributed by atoms with Crippen LogP contribution >= 0.6 is 15.9 Å². The van der Waals surface area contributed by atoms with Gasteiger partial charge in [-0.05, 0) is 112 Å². The molecule has 3 rings (SSSR count). The van der Waals surface area contributed by atoms with Crippen LogP contribution < -0.4 is 21.3 Å². The van der Waals surface area contributed by atoms with Gasteiger partial charge in [0, 0.05) is 118 Å². The summed E-state index contributed by atoms with van der Waals surface area (Å²) in [5.74, 6) is -4.43. The van der Waals surface area contributed by atoms with Crippen LogP contribution in [-0.2, 0) is 57.4 Å². The van der Waals surface area contributed by atoms with Gasteiger partial charge in [-0.3, -0.25) is 82.4 Å². The molecule has 0 unspecified atom stereocenters. The van der Waals surface area contributed by atoms with Gasteiger partial charge in [-0.2, -0.15) is 0 Å². The standard InChI is InChI=1S/C24H44N4O6.C18H32N4O8.C10H24N4.C4H7BrO2/c1-5-33-23(31)19-27-11-8-12-28(20-24(32)34-6-2)16-14-26(18-22(4)30)10-7-9-25(13-15-27)17-21(3)29;23-15(24)11-19-3-1-4-20(12-16(25)26)8-10-22(14-18(29)30)6-2-5-21(9-7-19)13-17(27)28;1-3-11-7-9-13-5-2-6-14-10-8-12-4-1;1-2-7-4(6)3-5/h5-20H2,1-4H3;1-14H2,(H,23,24)(H,25,26)(H,27,28)(H,29,30);11-14H,1-10H2;2-3H2,1H3. The number of Topliss-reactive ketones (excluding diaryl/α,β-unsaturated/α-hetero) is 2. The summed E-state index contributed by atoms with van der Waals surface area (Å²) in [4.78, 5) is 118. The number of nitrogens with one attached hydrogen (secondary N) is 4. The highest BCUT2D eigenvalue weighted by Crippen LogP contribution is 2.06. The molecule has 29 heteroatoms. The van der Waals surface area contributed by atoms with Crippen molar-refractivity contribution in [2.75, 3.05) is 235 Å². The molecular weight excluding hydrogens is 1180 g/mol. The van der Waals surface area contributed by atoms with Crippen molar-refractivity contribution < 1.29 is 77.8 Å². The molecule has 0 aliphatic carbocycles. The Kier molecular flexibility index (Phi) is 51.1. The number of ketones is 2. The Hall–Kier alpha value is -4.37. The first-order chi connectivity index (χ1) is 40.7. The van der Waals surface area contributed by atoms with E-state index in [2.05, 4.69) is 61.5 Å². The normalized spacial score (nSPS) is 19.1. The number of carbonyl (C=O) groups is 9. The lowest BCUT2D eigenvalue weighted by atomic mass is 10.2. The van der Waals surface area contributed by atoms with Crippen LogP contribution in [0.3, 0.4) is 0 Å². The Labute approximate surface area is 513 Å². The molecule has 494 valence electrons. The molecule has 28 nitrogen and oxygen atoms in total. The molecule has 3 aliphatic heterocycles. The first-order valence-corrected chi connectivity index (χ1v) is 31.3. The number of carbonyl (C=O) groups excluding carboxylic acids is 5. The predicted octanol–water partition coefficient (Wildman–Crippen LogP) is -1.30. The van der Waals surface area contributed by atoms with Crippen molar-refractivity contribution in [3.8, 4) is 0 Å². The third-order valence-corrected chi connectivity index (χ3v) is 13.6. The van der Waals surface area contributed by atoms with Gasteiger partial charge < -0.3 is 55.9 Å². The number of esters is 3. The minimum absolute atomic E-state index is 0.105. The molecule has 0 amide bonds. The summed E-state index contributed by atoms with van der Waals surface area (Å²) in [7, 11) is 0. The Morgan fingerprint density at radius 1 is 0.318 bits per heavy atom. The maximum atomic E-state index is 12.1. The van der Waals surface area contributed by atoms with Gasteiger partial charge in [-0.1, -0.05) is 15.9 Å². The summed E-state index contributed by atoms with van der Waals surface area (Å²) in [6, 6.07) is 0. The predicted molar refractivity (Wildman–Crippen MR) is 326 cm³/mol. The number of rotatable bonds is 20. The largest absolute Gasteiger partial charge is 0.480 e. The van der Waals surface area contributed by atoms with Crippen LogP contribution in [0.15, 0.2) is 0 Å². The van der Waals surface area contributed by atoms with Crippen molar-refractivity contribution in [2.24, 2.45) is 0 Å². The van der Waals surface area contributed by atoms with Crippen molar-refractivity contribution in [3.63, 3.8) is 0 Å². The molecule has 3 saturated heterocycles. The maximum Gasteiger partial charge on any atom is 0.320 e. The average molecular weight is 1280 g/mol. The number of halogens is 1. The lowest BCUT2D eigenvalue weighted by Gasteiger charge is -2.31. The molecule has 0 bridgehead atoms. The van der Waals surface area contributed by atoms with Gasteiger partial charge in [-0.15, -0.1) is 0 Å². The topological polar surface area (TPSA) is 336 Å². The number of hydrogen-bond acceptors (Lipinski definition) is 24. The minimum atomic E-state index is -0.979. The number of carboxylic acid groups (broad SMARTS) is 4. The zero-order valence-electron chi connectivity index (χ0n) is 51.8. The van der Waals surface area contributed by atoms with E-state index < -0.39 is 23.9 Å². The van der Waals surface area contributed by atoms with Crippen LogP contribution in [-0.4, -0.2) is 348 Å². The van der Waals surface area contributed by atoms with E-state index in [0.717, 1.165) is 78.3 Å². The van der Waals surface area contributed by atoms with E-state index in [1.165, 1.54) is 12.8 Å². The molecular formula is C56H107BrN12O16. The van der Waals surface area contributed by atoms with Crippen molar-refractivity contribution in [3.05, 3.63) is 0 Å². The molecule has 3 fully saturated rings. The molecule has 3 heterocycles. The van der Waals surface area contributed by atoms with Crippen LogP contribution in [0.1, 0.15) is 73.1 Å². The first kappa shape index (κ1) is 80.6. The molecule has 0 radical (unpaired) electrons. The van der Waals surface area contributed by atoms with Crippen LogP contribution in [0.4, 0.5) is 0 Å². The average Bonchev–Trinajstić information content (AvgIpc) is 3.44. The van der Waals surface area contributed by atoms with Gasteiger partial charge in [0.2, 0.25) is 0 Å². The van der Waals surface area contributed by atoms with E-state index in [1.54, 1.807) is 54.2 Å². The van der Waals surface area contributed by atoms with Gasteiger partial charge in [0.05, 0.1) is 72.2 Å². The Morgan fingerprint density at radius 2 is 0.529 bits per heavy atom. The summed E-state index contributed by atoms with van der Waals surface area (Å²) in [5.41, 5.74) is 0. The molecule has 0 spiro atoms. The summed E-state index contributed by atoms with van der Waals surface area (Å²) in [5, 5.41) is 50.5. The molecule has 8 N–H and O–H groups in total. The lowest BCUT2D eigenvalue weighted by molar-refractivity contribution is -0.145. The minimum Gasteiger partial charge on any atom is -0.480 e. The van der Waals surface area contributed by atoms with Crippen LogP contribution in [0, 0.1) is 0 Å². The summed E-state index contributed by atoms with van der Waals surface area (Å²) in [6.07, 6.45) is 5.10. The van der Waals surface area contributed by atoms with E-state index in [9.17, 15) is 43.2 Å². The third-order valence-electron chi connectivity index (χ3n) is 13.2. The number of carboxylic acids is 4. The Morgan fingerprint density at radius 3 is 0.718 bits per heavy atom. The SMILES string of the molecule is C1CNCCNCCCNCCNC1.CCOC(=O)CBr.CCOC(=O)CN1CCCN(CC(=O)OCC)CCN(CC(C)=O)CCCN(CC(C)=O)CC1.O=C(O)CN1CCCN(CC(=O)O)CCN(CC(=O)O)CCCN(CC(=O)O)CC1. The zero-order valence-corrected chi connectivity index (χ0v) is 53.4. The van der Waals surface area contributed by atoms with E-state index in [1.807, 2.05) is 0 Å². The Balaban J connectivity index is 0.00000125. The second kappa shape index (κ2) is 53.8. The number of aliphatic carboxylic acids is 4. The van der Waals surface area contributed by atoms with Crippen molar-refractivity contribution in [1.29, 1.82) is 0 Å². The van der Waals surface area contributed by atoms with Gasteiger partial charge in [-0.25, -0.2) is 0 Å². The van der Waals surface area contributed by atoms with Crippen LogP contribution in [0.5, 0.6) is 0 Å². The van der Waals surface area contributed by atoms with Crippen molar-refractivity contribution in [1.82, 2.24) is 60.5 Å². The number of hydrogen-bond donors (Lipinski definition) is 8. The second-order valence-electron chi connectivity index (χ2n) is 20.9. The van der Waals surface area contributed by atoms with Gasteiger partial charge in [0.1, 0.15) is 16.9 Å². The fourth-order valence-corrected chi connectivity index (χ4v) is 9.43. The number of alkyl halides is 1. The van der Waals surface area contributed by atoms with Crippen LogP contribution in [0.2, 0.25) is 0 Å². The van der Waals surface area contributed by atoms with Crippen LogP contribution in [0.25, 0.3) is 0 Å². The highest BCUT2D eigenvalue weighted by atomic mass is 79.9. The van der Waals surface area contributed by atoms with Gasteiger partial charge in [0.25, 0.3) is 0 Å². The highest BCUT2D eigenvalue weighted by molar-refractivity contribution is 9.09. The summed E-state index contributed by atoms with van der Waals surface area (Å²) in [6.45, 7) is 27.6. The maximum absolute atomic E-state index is 12.1. The molecule has 0 aromatic carbocycles. The highest BCUT2D eigenvalue weighted by Gasteiger charge is 2.22. The zero-order chi connectivity index (χ0) is 63.5. The van der Waals surface area contributed by atoms with Gasteiger partial charge in [0.15, 0.2) is 0 Å². The summed E-state index contributed by atoms with van der Waals surface area (Å²) < 4.78 is 14.8. The molecule has 0 aromatic rings. The van der Waals surface area contributed by atoms with E-state index >= 15 is 0 Å². The van der Waals surface area contributed by atoms with Gasteiger partial charge >= 0.3 is 41.8 Å². The smallest absolute Gasteiger partial charge is 0.320 e. The van der Waals surface area contributed by atoms with E-state index in [4.69, 9.17) is 29.9 Å². The van der Waals surface area contributed by atoms with E-state index in [0.29, 0.717) is 143 Å². The Bertz CT molecular complexity index is 1650. The fraction of sp³-hybridized carbons (Fsp3) is 0.839. The quantitative estimate of drug-likeness (QED) is 0.0399.